The molecule has 0 heterocycles. The van der Waals surface area contributed by atoms with Gasteiger partial charge in [0.15, 0.2) is 0 Å². The maximum atomic E-state index is 8.47. The first-order valence-corrected chi connectivity index (χ1v) is 1.06. The first-order valence-electron chi connectivity index (χ1n) is 0.352. The van der Waals surface area contributed by atoms with Crippen LogP contribution in [0.2, 0.25) is 0 Å². The minimum absolute atomic E-state index is 0. The van der Waals surface area contributed by atoms with Crippen LogP contribution in [0.25, 0.3) is 0 Å². The number of halogens is 1. The fraction of sp³-hybridized carbons (Fsp3) is 0. The van der Waals surface area contributed by atoms with E-state index in [9.17, 15) is 0 Å². The Morgan fingerprint density at radius 2 is 1.75 bits per heavy atom. The summed E-state index contributed by atoms with van der Waals surface area (Å²) in [6.45, 7) is 0. The molecule has 1 radical (unpaired) electrons. The maximum Gasteiger partial charge on any atom is 2.00 e. The van der Waals surface area contributed by atoms with Gasteiger partial charge in [0.2, 0.25) is 0 Å². The fourth-order valence-corrected chi connectivity index (χ4v) is 0. The van der Waals surface area contributed by atoms with Crippen molar-refractivity contribution in [1.82, 2.24) is 0 Å². The predicted molar refractivity (Wildman–Crippen MR) is 14.7 cm³/mol. The maximum absolute atomic E-state index is 8.47. The summed E-state index contributed by atoms with van der Waals surface area (Å²) in [6.07, 6.45) is 0. The van der Waals surface area contributed by atoms with Crippen LogP contribution in [0.4, 0.5) is 0 Å². The van der Waals surface area contributed by atoms with Gasteiger partial charge >= 0.3 is 19.5 Å². The number of rotatable bonds is 0. The van der Waals surface area contributed by atoms with Crippen LogP contribution in [0, 0.1) is 4.91 Å². The van der Waals surface area contributed by atoms with Crippen molar-refractivity contribution < 1.29 is 19.5 Å². The van der Waals surface area contributed by atoms with Crippen molar-refractivity contribution in [2.75, 3.05) is 0 Å². The SMILES string of the molecule is O=NBr.[Rh+2]. The molecule has 0 spiro atoms. The van der Waals surface area contributed by atoms with Gasteiger partial charge in [0.25, 0.3) is 0 Å². The quantitative estimate of drug-likeness (QED) is 0.436. The monoisotopic (exact) mass is 212 g/mol. The molecule has 0 aromatic heterocycles. The van der Waals surface area contributed by atoms with Gasteiger partial charge in [0.05, 0.1) is 0 Å². The Morgan fingerprint density at radius 1 is 1.75 bits per heavy atom. The van der Waals surface area contributed by atoms with Crippen LogP contribution in [0.3, 0.4) is 0 Å². The summed E-state index contributed by atoms with van der Waals surface area (Å²) < 4.78 is 2.06. The van der Waals surface area contributed by atoms with Gasteiger partial charge in [0, 0.05) is 4.20 Å². The van der Waals surface area contributed by atoms with Gasteiger partial charge in [-0.3, -0.25) is 0 Å². The molecule has 0 amide bonds. The normalized spacial score (nSPS) is 3.25. The van der Waals surface area contributed by atoms with Crippen molar-refractivity contribution in [1.29, 1.82) is 0 Å². The molecule has 25 valence electrons. The fourth-order valence-electron chi connectivity index (χ4n) is 0. The molecule has 4 heavy (non-hydrogen) atoms. The first kappa shape index (κ1) is 8.83. The average Bonchev–Trinajstić information content (AvgIpc) is 0.918. The summed E-state index contributed by atoms with van der Waals surface area (Å²) in [4.78, 5) is 8.47. The Bertz CT molecular complexity index is 15.5. The van der Waals surface area contributed by atoms with Crippen molar-refractivity contribution in [2.24, 2.45) is 4.20 Å². The van der Waals surface area contributed by atoms with E-state index in [0.717, 1.165) is 0 Å². The van der Waals surface area contributed by atoms with E-state index in [2.05, 4.69) is 20.4 Å². The molecule has 0 unspecified atom stereocenters. The standard InChI is InChI=1S/BrNO.Rh/c1-2-3;/q;+2. The molecule has 0 aliphatic carbocycles. The molecule has 0 saturated carbocycles. The van der Waals surface area contributed by atoms with Crippen LogP contribution in [0.1, 0.15) is 0 Å². The van der Waals surface area contributed by atoms with E-state index >= 15 is 0 Å². The summed E-state index contributed by atoms with van der Waals surface area (Å²) in [6, 6.07) is 0. The molecule has 0 aromatic rings. The topological polar surface area (TPSA) is 29.4 Å². The summed E-state index contributed by atoms with van der Waals surface area (Å²) in [5.74, 6) is 0. The van der Waals surface area contributed by atoms with Crippen LogP contribution < -0.4 is 0 Å². The van der Waals surface area contributed by atoms with Crippen molar-refractivity contribution >= 4 is 16.1 Å². The number of hydrogen-bond acceptors (Lipinski definition) is 2. The zero-order valence-electron chi connectivity index (χ0n) is 1.57. The third kappa shape index (κ3) is 15.9. The second kappa shape index (κ2) is 9.33. The molecule has 0 aliphatic rings. The summed E-state index contributed by atoms with van der Waals surface area (Å²) in [7, 11) is 0. The second-order valence-corrected chi connectivity index (χ2v) is 0.359. The molecule has 0 fully saturated rings. The van der Waals surface area contributed by atoms with E-state index in [-0.39, 0.29) is 19.5 Å². The number of hydrogen-bond donors (Lipinski definition) is 0. The molecule has 0 atom stereocenters. The van der Waals surface area contributed by atoms with E-state index in [4.69, 9.17) is 4.91 Å². The number of nitrogens with zero attached hydrogens (tertiary/aromatic N) is 1. The van der Waals surface area contributed by atoms with Gasteiger partial charge in [0.1, 0.15) is 16.1 Å². The molecular weight excluding hydrogens is 213 g/mol. The first-order chi connectivity index (χ1) is 1.41. The molecule has 0 aliphatic heterocycles. The van der Waals surface area contributed by atoms with Crippen LogP contribution in [-0.2, 0) is 19.5 Å². The van der Waals surface area contributed by atoms with Gasteiger partial charge in [-0.2, -0.15) is 0 Å². The Balaban J connectivity index is 0. The van der Waals surface area contributed by atoms with E-state index < -0.39 is 0 Å². The van der Waals surface area contributed by atoms with Gasteiger partial charge in [-0.15, -0.1) is 4.91 Å². The van der Waals surface area contributed by atoms with E-state index in [1.165, 1.54) is 0 Å². The molecule has 0 rings (SSSR count). The molecule has 0 aromatic carbocycles. The third-order valence-electron chi connectivity index (χ3n) is 0. The predicted octanol–water partition coefficient (Wildman–Crippen LogP) is 1.06. The van der Waals surface area contributed by atoms with Gasteiger partial charge in [-0.25, -0.2) is 0 Å². The zero-order valence-corrected chi connectivity index (χ0v) is 4.79. The Hall–Kier alpha value is 0.703. The minimum atomic E-state index is 0. The summed E-state index contributed by atoms with van der Waals surface area (Å²) in [5, 5.41) is 0. The molecular formula is BrNORh+2. The van der Waals surface area contributed by atoms with E-state index in [0.29, 0.717) is 0 Å². The van der Waals surface area contributed by atoms with Gasteiger partial charge in [-0.1, -0.05) is 0 Å². The molecule has 0 N–H and O–H groups in total. The molecule has 4 heteroatoms. The number of nitroso groups, excluding NO2 is 1. The van der Waals surface area contributed by atoms with Crippen molar-refractivity contribution in [3.05, 3.63) is 4.91 Å². The minimum Gasteiger partial charge on any atom is -0.137 e. The van der Waals surface area contributed by atoms with Crippen LogP contribution in [0.15, 0.2) is 4.20 Å². The van der Waals surface area contributed by atoms with Crippen molar-refractivity contribution in [2.45, 2.75) is 0 Å². The van der Waals surface area contributed by atoms with Gasteiger partial charge in [-0.05, 0) is 0 Å². The van der Waals surface area contributed by atoms with Crippen LogP contribution in [-0.4, -0.2) is 0 Å². The Morgan fingerprint density at radius 3 is 1.75 bits per heavy atom. The van der Waals surface area contributed by atoms with E-state index in [1.807, 2.05) is 0 Å². The molecule has 2 nitrogen and oxygen atoms in total. The smallest absolute Gasteiger partial charge is 0.137 e. The Kier molecular flexibility index (Phi) is 20.6. The van der Waals surface area contributed by atoms with Crippen LogP contribution >= 0.6 is 16.1 Å². The average molecular weight is 213 g/mol. The summed E-state index contributed by atoms with van der Waals surface area (Å²) >= 11 is 2.22. The van der Waals surface area contributed by atoms with Crippen LogP contribution in [0.5, 0.6) is 0 Å². The van der Waals surface area contributed by atoms with Crippen molar-refractivity contribution in [3.8, 4) is 0 Å². The molecule has 0 saturated heterocycles. The van der Waals surface area contributed by atoms with Crippen molar-refractivity contribution in [3.63, 3.8) is 0 Å². The zero-order chi connectivity index (χ0) is 2.71. The largest absolute Gasteiger partial charge is 2.00 e. The Labute approximate surface area is 45.0 Å². The summed E-state index contributed by atoms with van der Waals surface area (Å²) in [5.41, 5.74) is 0. The van der Waals surface area contributed by atoms with Gasteiger partial charge < -0.3 is 0 Å². The second-order valence-electron chi connectivity index (χ2n) is 0.0690. The third-order valence-corrected chi connectivity index (χ3v) is 0. The van der Waals surface area contributed by atoms with E-state index in [1.54, 1.807) is 0 Å². The molecule has 0 bridgehead atoms.